The van der Waals surface area contributed by atoms with Crippen LogP contribution in [0.3, 0.4) is 0 Å². The molecule has 0 aromatic heterocycles. The predicted octanol–water partition coefficient (Wildman–Crippen LogP) is 4.39. The molecule has 0 radical (unpaired) electrons. The van der Waals surface area contributed by atoms with E-state index in [1.165, 1.54) is 57.4 Å². The van der Waals surface area contributed by atoms with Gasteiger partial charge in [-0.2, -0.15) is 13.2 Å². The van der Waals surface area contributed by atoms with Crippen molar-refractivity contribution in [2.45, 2.75) is 64.5 Å². The van der Waals surface area contributed by atoms with Gasteiger partial charge in [0.25, 0.3) is 11.7 Å². The largest absolute Gasteiger partial charge is 0.497 e. The summed E-state index contributed by atoms with van der Waals surface area (Å²) in [5.74, 6) is -5.22. The first-order valence-corrected chi connectivity index (χ1v) is 13.4. The zero-order valence-corrected chi connectivity index (χ0v) is 24.9. The number of methoxy groups -OCH3 is 1. The van der Waals surface area contributed by atoms with Crippen molar-refractivity contribution in [3.63, 3.8) is 0 Å². The summed E-state index contributed by atoms with van der Waals surface area (Å²) in [5, 5.41) is 7.47. The van der Waals surface area contributed by atoms with Crippen molar-refractivity contribution in [1.29, 1.82) is 0 Å². The third-order valence-electron chi connectivity index (χ3n) is 5.92. The van der Waals surface area contributed by atoms with Crippen molar-refractivity contribution in [2.75, 3.05) is 13.7 Å². The molecule has 0 bridgehead atoms. The van der Waals surface area contributed by atoms with Crippen LogP contribution in [0.15, 0.2) is 48.5 Å². The second-order valence-electron chi connectivity index (χ2n) is 10.8. The summed E-state index contributed by atoms with van der Waals surface area (Å²) < 4.78 is 50.6. The smallest absolute Gasteiger partial charge is 0.452 e. The molecule has 13 heteroatoms. The summed E-state index contributed by atoms with van der Waals surface area (Å²) in [6, 6.07) is 7.06. The number of hydrogen-bond acceptors (Lipinski definition) is 6. The normalized spacial score (nSPS) is 14.0. The Labute approximate surface area is 247 Å². The molecule has 0 spiro atoms. The molecule has 230 valence electrons. The molecular formula is C29H35ClF3N3O6. The molecule has 3 amide bonds. The van der Waals surface area contributed by atoms with Gasteiger partial charge in [0.05, 0.1) is 25.4 Å². The highest BCUT2D eigenvalue weighted by Crippen LogP contribution is 2.23. The van der Waals surface area contributed by atoms with E-state index in [9.17, 15) is 32.3 Å². The van der Waals surface area contributed by atoms with E-state index in [1.54, 1.807) is 32.9 Å². The van der Waals surface area contributed by atoms with E-state index in [2.05, 4.69) is 16.0 Å². The van der Waals surface area contributed by atoms with E-state index in [4.69, 9.17) is 21.1 Å². The zero-order valence-electron chi connectivity index (χ0n) is 24.1. The van der Waals surface area contributed by atoms with E-state index in [0.29, 0.717) is 10.8 Å². The van der Waals surface area contributed by atoms with Crippen LogP contribution in [-0.2, 0) is 19.1 Å². The van der Waals surface area contributed by atoms with Crippen LogP contribution in [0.5, 0.6) is 5.75 Å². The Kier molecular flexibility index (Phi) is 11.9. The van der Waals surface area contributed by atoms with Gasteiger partial charge in [-0.1, -0.05) is 43.6 Å². The van der Waals surface area contributed by atoms with Crippen LogP contribution in [0, 0.1) is 5.92 Å². The quantitative estimate of drug-likeness (QED) is 0.326. The second kappa shape index (κ2) is 14.5. The summed E-state index contributed by atoms with van der Waals surface area (Å²) >= 11 is 5.98. The molecule has 3 N–H and O–H groups in total. The first-order valence-electron chi connectivity index (χ1n) is 13.0. The van der Waals surface area contributed by atoms with Crippen molar-refractivity contribution in [1.82, 2.24) is 16.0 Å². The molecule has 0 aliphatic rings. The van der Waals surface area contributed by atoms with Gasteiger partial charge < -0.3 is 25.4 Å². The highest BCUT2D eigenvalue weighted by atomic mass is 35.5. The lowest BCUT2D eigenvalue weighted by Gasteiger charge is -2.28. The maximum absolute atomic E-state index is 13.5. The summed E-state index contributed by atoms with van der Waals surface area (Å²) in [6.07, 6.45) is -5.19. The Balaban J connectivity index is 2.42. The Bertz CT molecular complexity index is 1260. The minimum absolute atomic E-state index is 0.158. The molecule has 2 aromatic carbocycles. The van der Waals surface area contributed by atoms with Gasteiger partial charge in [-0.05, 0) is 62.6 Å². The number of ether oxygens (including phenoxy) is 2. The number of rotatable bonds is 12. The van der Waals surface area contributed by atoms with E-state index >= 15 is 0 Å². The molecule has 0 fully saturated rings. The van der Waals surface area contributed by atoms with Gasteiger partial charge in [0.1, 0.15) is 17.8 Å². The van der Waals surface area contributed by atoms with Crippen LogP contribution in [0.1, 0.15) is 56.6 Å². The first-order chi connectivity index (χ1) is 19.4. The summed E-state index contributed by atoms with van der Waals surface area (Å²) in [4.78, 5) is 51.9. The molecule has 0 aliphatic carbocycles. The number of ketones is 1. The van der Waals surface area contributed by atoms with Crippen LogP contribution in [0.2, 0.25) is 5.02 Å². The Morgan fingerprint density at radius 3 is 2.02 bits per heavy atom. The number of hydrogen-bond donors (Lipinski definition) is 3. The van der Waals surface area contributed by atoms with Gasteiger partial charge >= 0.3 is 6.18 Å². The number of benzene rings is 2. The number of Topliss-reactive ketones (excluding diaryl/α,β-unsaturated/α-hetero) is 1. The lowest BCUT2D eigenvalue weighted by atomic mass is 9.97. The number of nitrogens with one attached hydrogen (secondary N) is 3. The zero-order chi connectivity index (χ0) is 31.8. The summed E-state index contributed by atoms with van der Waals surface area (Å²) in [5.41, 5.74) is -0.375. The van der Waals surface area contributed by atoms with E-state index in [-0.39, 0.29) is 17.7 Å². The minimum Gasteiger partial charge on any atom is -0.497 e. The number of carbonyl (C=O) groups excluding carboxylic acids is 4. The van der Waals surface area contributed by atoms with Crippen molar-refractivity contribution in [3.8, 4) is 5.75 Å². The average molecular weight is 614 g/mol. The van der Waals surface area contributed by atoms with Gasteiger partial charge in [0.2, 0.25) is 11.8 Å². The Hall–Kier alpha value is -3.64. The Morgan fingerprint density at radius 2 is 1.52 bits per heavy atom. The fraction of sp³-hybridized carbons (Fsp3) is 0.448. The maximum Gasteiger partial charge on any atom is 0.452 e. The third-order valence-corrected chi connectivity index (χ3v) is 6.15. The fourth-order valence-electron chi connectivity index (χ4n) is 3.67. The molecule has 2 rings (SSSR count). The summed E-state index contributed by atoms with van der Waals surface area (Å²) in [6.45, 7) is 7.59. The molecule has 0 heterocycles. The first kappa shape index (κ1) is 34.6. The van der Waals surface area contributed by atoms with Crippen molar-refractivity contribution < 1.29 is 41.8 Å². The van der Waals surface area contributed by atoms with E-state index in [1.807, 2.05) is 0 Å². The van der Waals surface area contributed by atoms with Crippen molar-refractivity contribution in [2.24, 2.45) is 5.92 Å². The lowest BCUT2D eigenvalue weighted by molar-refractivity contribution is -0.175. The van der Waals surface area contributed by atoms with Crippen molar-refractivity contribution in [3.05, 3.63) is 64.7 Å². The Morgan fingerprint density at radius 1 is 0.905 bits per heavy atom. The molecule has 42 heavy (non-hydrogen) atoms. The maximum atomic E-state index is 13.5. The monoisotopic (exact) mass is 613 g/mol. The van der Waals surface area contributed by atoms with Crippen LogP contribution in [0.4, 0.5) is 13.2 Å². The second-order valence-corrected chi connectivity index (χ2v) is 11.2. The number of alkyl halides is 3. The van der Waals surface area contributed by atoms with Crippen molar-refractivity contribution >= 4 is 35.1 Å². The molecule has 2 aromatic rings. The lowest BCUT2D eigenvalue weighted by Crippen LogP contribution is -2.55. The number of halogens is 4. The molecule has 0 saturated heterocycles. The van der Waals surface area contributed by atoms with Crippen LogP contribution < -0.4 is 20.7 Å². The fourth-order valence-corrected chi connectivity index (χ4v) is 3.87. The predicted molar refractivity (Wildman–Crippen MR) is 150 cm³/mol. The third kappa shape index (κ3) is 10.3. The van der Waals surface area contributed by atoms with Crippen LogP contribution >= 0.6 is 11.6 Å². The molecule has 0 unspecified atom stereocenters. The van der Waals surface area contributed by atoms with E-state index in [0.717, 1.165) is 0 Å². The standard InChI is InChI=1S/C29H35ClF3N3O6/c1-16(2)22(24(37)29(31,32)33)35-27(40)23(17-10-12-20(41-6)13-11-17)36-26(39)21(15-42-28(3,4)5)34-25(38)18-8-7-9-19(30)14-18/h7-14,16,21-23H,15H2,1-6H3,(H,34,38)(H,35,40)(H,36,39)/t21-,22-,23-/m0/s1. The summed E-state index contributed by atoms with van der Waals surface area (Å²) in [7, 11) is 1.42. The van der Waals surface area contributed by atoms with Gasteiger partial charge in [0, 0.05) is 10.6 Å². The topological polar surface area (TPSA) is 123 Å². The molecule has 9 nitrogen and oxygen atoms in total. The number of carbonyl (C=O) groups is 4. The average Bonchev–Trinajstić information content (AvgIpc) is 2.90. The van der Waals surface area contributed by atoms with Gasteiger partial charge in [-0.3, -0.25) is 19.2 Å². The molecule has 3 atom stereocenters. The van der Waals surface area contributed by atoms with Gasteiger partial charge in [0.15, 0.2) is 0 Å². The highest BCUT2D eigenvalue weighted by molar-refractivity contribution is 6.31. The van der Waals surface area contributed by atoms with E-state index < -0.39 is 59.3 Å². The molecule has 0 saturated carbocycles. The SMILES string of the molecule is COc1ccc([C@H](NC(=O)[C@H](COC(C)(C)C)NC(=O)c2cccc(Cl)c2)C(=O)N[C@H](C(=O)C(F)(F)F)C(C)C)cc1. The molecular weight excluding hydrogens is 579 g/mol. The van der Waals surface area contributed by atoms with Gasteiger partial charge in [-0.15, -0.1) is 0 Å². The van der Waals surface area contributed by atoms with Crippen LogP contribution in [-0.4, -0.2) is 61.1 Å². The minimum atomic E-state index is -5.19. The highest BCUT2D eigenvalue weighted by Gasteiger charge is 2.45. The molecule has 0 aliphatic heterocycles. The van der Waals surface area contributed by atoms with Crippen LogP contribution in [0.25, 0.3) is 0 Å². The number of amides is 3. The van der Waals surface area contributed by atoms with Gasteiger partial charge in [-0.25, -0.2) is 0 Å².